The Kier molecular flexibility index (Phi) is 4.51. The number of hydrogen-bond donors (Lipinski definition) is 1. The molecule has 1 N–H and O–H groups in total. The molecule has 0 spiro atoms. The SMILES string of the molecule is COc1ccc(OC(C)C(=O)Nc2ccc3c(c2)CCC3)cc1. The zero-order valence-electron chi connectivity index (χ0n) is 13.5. The molecule has 0 bridgehead atoms. The molecule has 4 nitrogen and oxygen atoms in total. The number of anilines is 1. The summed E-state index contributed by atoms with van der Waals surface area (Å²) in [5, 5.41) is 2.93. The molecule has 0 heterocycles. The zero-order chi connectivity index (χ0) is 16.2. The summed E-state index contributed by atoms with van der Waals surface area (Å²) in [5.41, 5.74) is 3.57. The van der Waals surface area contributed by atoms with Crippen molar-refractivity contribution in [1.82, 2.24) is 0 Å². The molecule has 120 valence electrons. The summed E-state index contributed by atoms with van der Waals surface area (Å²) >= 11 is 0. The van der Waals surface area contributed by atoms with Gasteiger partial charge in [-0.3, -0.25) is 4.79 Å². The second-order valence-electron chi connectivity index (χ2n) is 5.76. The lowest BCUT2D eigenvalue weighted by Gasteiger charge is -2.15. The molecule has 0 fully saturated rings. The van der Waals surface area contributed by atoms with Crippen LogP contribution in [0.1, 0.15) is 24.5 Å². The summed E-state index contributed by atoms with van der Waals surface area (Å²) in [6.45, 7) is 1.74. The summed E-state index contributed by atoms with van der Waals surface area (Å²) < 4.78 is 10.8. The number of rotatable bonds is 5. The van der Waals surface area contributed by atoms with E-state index in [9.17, 15) is 4.79 Å². The van der Waals surface area contributed by atoms with Crippen molar-refractivity contribution in [2.45, 2.75) is 32.3 Å². The van der Waals surface area contributed by atoms with E-state index < -0.39 is 6.10 Å². The molecule has 1 aliphatic carbocycles. The van der Waals surface area contributed by atoms with Crippen molar-refractivity contribution in [3.8, 4) is 11.5 Å². The van der Waals surface area contributed by atoms with E-state index in [1.807, 2.05) is 6.07 Å². The first kappa shape index (κ1) is 15.4. The molecule has 2 aromatic carbocycles. The molecule has 1 unspecified atom stereocenters. The van der Waals surface area contributed by atoms with Crippen LogP contribution in [0.2, 0.25) is 0 Å². The minimum atomic E-state index is -0.573. The van der Waals surface area contributed by atoms with E-state index in [4.69, 9.17) is 9.47 Å². The molecule has 1 aliphatic rings. The first-order chi connectivity index (χ1) is 11.2. The minimum Gasteiger partial charge on any atom is -0.497 e. The Morgan fingerprint density at radius 3 is 2.48 bits per heavy atom. The fourth-order valence-corrected chi connectivity index (χ4v) is 2.81. The zero-order valence-corrected chi connectivity index (χ0v) is 13.5. The lowest BCUT2D eigenvalue weighted by Crippen LogP contribution is -2.30. The van der Waals surface area contributed by atoms with Crippen LogP contribution in [0.5, 0.6) is 11.5 Å². The van der Waals surface area contributed by atoms with Crippen LogP contribution < -0.4 is 14.8 Å². The van der Waals surface area contributed by atoms with Gasteiger partial charge in [0.2, 0.25) is 0 Å². The van der Waals surface area contributed by atoms with Gasteiger partial charge in [0.25, 0.3) is 5.91 Å². The number of hydrogen-bond acceptors (Lipinski definition) is 3. The number of carbonyl (C=O) groups excluding carboxylic acids is 1. The average Bonchev–Trinajstić information content (AvgIpc) is 3.03. The van der Waals surface area contributed by atoms with Gasteiger partial charge in [-0.2, -0.15) is 0 Å². The smallest absolute Gasteiger partial charge is 0.265 e. The molecule has 0 saturated heterocycles. The monoisotopic (exact) mass is 311 g/mol. The highest BCUT2D eigenvalue weighted by atomic mass is 16.5. The molecule has 2 aromatic rings. The van der Waals surface area contributed by atoms with Gasteiger partial charge in [0, 0.05) is 5.69 Å². The minimum absolute atomic E-state index is 0.154. The summed E-state index contributed by atoms with van der Waals surface area (Å²) in [6, 6.07) is 13.3. The van der Waals surface area contributed by atoms with Gasteiger partial charge in [-0.25, -0.2) is 0 Å². The highest BCUT2D eigenvalue weighted by Gasteiger charge is 2.16. The lowest BCUT2D eigenvalue weighted by molar-refractivity contribution is -0.122. The molecular weight excluding hydrogens is 290 g/mol. The van der Waals surface area contributed by atoms with Crippen molar-refractivity contribution in [1.29, 1.82) is 0 Å². The van der Waals surface area contributed by atoms with E-state index in [2.05, 4.69) is 17.4 Å². The van der Waals surface area contributed by atoms with Crippen LogP contribution >= 0.6 is 0 Å². The number of aryl methyl sites for hydroxylation is 2. The van der Waals surface area contributed by atoms with Crippen LogP contribution in [-0.4, -0.2) is 19.1 Å². The molecule has 0 radical (unpaired) electrons. The van der Waals surface area contributed by atoms with Gasteiger partial charge < -0.3 is 14.8 Å². The first-order valence-electron chi connectivity index (χ1n) is 7.89. The molecule has 0 aliphatic heterocycles. The highest BCUT2D eigenvalue weighted by molar-refractivity contribution is 5.94. The van der Waals surface area contributed by atoms with E-state index in [0.29, 0.717) is 5.75 Å². The second kappa shape index (κ2) is 6.73. The van der Waals surface area contributed by atoms with Crippen LogP contribution in [0, 0.1) is 0 Å². The van der Waals surface area contributed by atoms with Gasteiger partial charge in [-0.05, 0) is 73.7 Å². The Hall–Kier alpha value is -2.49. The van der Waals surface area contributed by atoms with E-state index >= 15 is 0 Å². The predicted octanol–water partition coefficient (Wildman–Crippen LogP) is 3.59. The molecular formula is C19H21NO3. The number of nitrogens with one attached hydrogen (secondary N) is 1. The van der Waals surface area contributed by atoms with Crippen molar-refractivity contribution < 1.29 is 14.3 Å². The Balaban J connectivity index is 1.60. The quantitative estimate of drug-likeness (QED) is 0.918. The maximum atomic E-state index is 12.3. The van der Waals surface area contributed by atoms with Crippen molar-refractivity contribution >= 4 is 11.6 Å². The summed E-state index contributed by atoms with van der Waals surface area (Å²) in [4.78, 5) is 12.3. The second-order valence-corrected chi connectivity index (χ2v) is 5.76. The maximum Gasteiger partial charge on any atom is 0.265 e. The Morgan fingerprint density at radius 1 is 1.04 bits per heavy atom. The van der Waals surface area contributed by atoms with Crippen molar-refractivity contribution in [3.05, 3.63) is 53.6 Å². The number of benzene rings is 2. The van der Waals surface area contributed by atoms with Gasteiger partial charge in [0.1, 0.15) is 11.5 Å². The van der Waals surface area contributed by atoms with Crippen molar-refractivity contribution in [3.63, 3.8) is 0 Å². The van der Waals surface area contributed by atoms with Crippen LogP contribution in [0.25, 0.3) is 0 Å². The third kappa shape index (κ3) is 3.65. The van der Waals surface area contributed by atoms with E-state index in [1.54, 1.807) is 38.3 Å². The van der Waals surface area contributed by atoms with Crippen LogP contribution in [0.3, 0.4) is 0 Å². The number of amides is 1. The standard InChI is InChI=1S/C19H21NO3/c1-13(23-18-10-8-17(22-2)9-11-18)19(21)20-16-7-6-14-4-3-5-15(14)12-16/h6-13H,3-5H2,1-2H3,(H,20,21). The highest BCUT2D eigenvalue weighted by Crippen LogP contribution is 2.25. The van der Waals surface area contributed by atoms with E-state index in [-0.39, 0.29) is 5.91 Å². The third-order valence-electron chi connectivity index (χ3n) is 4.11. The topological polar surface area (TPSA) is 47.6 Å². The maximum absolute atomic E-state index is 12.3. The van der Waals surface area contributed by atoms with Gasteiger partial charge in [-0.15, -0.1) is 0 Å². The summed E-state index contributed by atoms with van der Waals surface area (Å²) in [7, 11) is 1.61. The normalized spacial score (nSPS) is 14.0. The molecule has 0 saturated carbocycles. The molecule has 1 atom stereocenters. The number of carbonyl (C=O) groups is 1. The largest absolute Gasteiger partial charge is 0.497 e. The van der Waals surface area contributed by atoms with Crippen molar-refractivity contribution in [2.24, 2.45) is 0 Å². The van der Waals surface area contributed by atoms with E-state index in [1.165, 1.54) is 17.5 Å². The Morgan fingerprint density at radius 2 is 1.74 bits per heavy atom. The molecule has 1 amide bonds. The summed E-state index contributed by atoms with van der Waals surface area (Å²) in [5.74, 6) is 1.24. The molecule has 3 rings (SSSR count). The van der Waals surface area contributed by atoms with Crippen LogP contribution in [0.4, 0.5) is 5.69 Å². The molecule has 23 heavy (non-hydrogen) atoms. The number of methoxy groups -OCH3 is 1. The lowest BCUT2D eigenvalue weighted by atomic mass is 10.1. The molecule has 4 heteroatoms. The molecule has 0 aromatic heterocycles. The van der Waals surface area contributed by atoms with Crippen LogP contribution in [0.15, 0.2) is 42.5 Å². The number of fused-ring (bicyclic) bond motifs is 1. The third-order valence-corrected chi connectivity index (χ3v) is 4.11. The first-order valence-corrected chi connectivity index (χ1v) is 7.89. The van der Waals surface area contributed by atoms with Gasteiger partial charge in [0.05, 0.1) is 7.11 Å². The fourth-order valence-electron chi connectivity index (χ4n) is 2.81. The number of ether oxygens (including phenoxy) is 2. The van der Waals surface area contributed by atoms with Gasteiger partial charge in [-0.1, -0.05) is 6.07 Å². The average molecular weight is 311 g/mol. The summed E-state index contributed by atoms with van der Waals surface area (Å²) in [6.07, 6.45) is 2.86. The Labute approximate surface area is 136 Å². The van der Waals surface area contributed by atoms with Crippen molar-refractivity contribution in [2.75, 3.05) is 12.4 Å². The van der Waals surface area contributed by atoms with E-state index in [0.717, 1.165) is 24.3 Å². The van der Waals surface area contributed by atoms with Crippen LogP contribution in [-0.2, 0) is 17.6 Å². The van der Waals surface area contributed by atoms with Gasteiger partial charge >= 0.3 is 0 Å². The van der Waals surface area contributed by atoms with Gasteiger partial charge in [0.15, 0.2) is 6.10 Å². The predicted molar refractivity (Wildman–Crippen MR) is 90.2 cm³/mol. The fraction of sp³-hybridized carbons (Fsp3) is 0.316. The Bertz CT molecular complexity index is 694.